The lowest BCUT2D eigenvalue weighted by Gasteiger charge is -2.05. The van der Waals surface area contributed by atoms with Crippen molar-refractivity contribution in [2.45, 2.75) is 11.5 Å². The van der Waals surface area contributed by atoms with E-state index in [4.69, 9.17) is 13.6 Å². The minimum absolute atomic E-state index is 0.0880. The molecule has 0 fully saturated rings. The number of hydrogen-bond acceptors (Lipinski definition) is 7. The molecular weight excluding hydrogens is 304 g/mol. The fourth-order valence-electron chi connectivity index (χ4n) is 1.83. The summed E-state index contributed by atoms with van der Waals surface area (Å²) >= 11 is 1.48. The molecule has 112 valence electrons. The van der Waals surface area contributed by atoms with Crippen LogP contribution < -0.4 is 0 Å². The van der Waals surface area contributed by atoms with Crippen molar-refractivity contribution in [3.8, 4) is 11.7 Å². The van der Waals surface area contributed by atoms with Crippen LogP contribution in [0, 0.1) is 0 Å². The van der Waals surface area contributed by atoms with Gasteiger partial charge in [-0.05, 0) is 30.5 Å². The van der Waals surface area contributed by atoms with Gasteiger partial charge >= 0.3 is 5.97 Å². The largest absolute Gasteiger partial charge is 0.459 e. The maximum atomic E-state index is 12.1. The van der Waals surface area contributed by atoms with E-state index in [1.165, 1.54) is 18.0 Å². The Kier molecular flexibility index (Phi) is 4.24. The first-order valence-electron chi connectivity index (χ1n) is 6.44. The molecule has 0 aliphatic carbocycles. The molecule has 0 unspecified atom stereocenters. The number of benzene rings is 1. The zero-order valence-corrected chi connectivity index (χ0v) is 12.5. The second-order valence-electron chi connectivity index (χ2n) is 4.25. The summed E-state index contributed by atoms with van der Waals surface area (Å²) in [6.45, 7) is -0.0880. The van der Waals surface area contributed by atoms with Gasteiger partial charge in [0, 0.05) is 4.90 Å². The van der Waals surface area contributed by atoms with Crippen molar-refractivity contribution in [3.63, 3.8) is 0 Å². The molecule has 0 saturated heterocycles. The molecule has 6 nitrogen and oxygen atoms in total. The number of rotatable bonds is 5. The molecule has 0 aliphatic rings. The highest BCUT2D eigenvalue weighted by Crippen LogP contribution is 2.21. The van der Waals surface area contributed by atoms with E-state index in [-0.39, 0.29) is 18.4 Å². The number of thioether (sulfide) groups is 1. The average Bonchev–Trinajstić information content (AvgIpc) is 3.23. The Morgan fingerprint density at radius 1 is 1.23 bits per heavy atom. The SMILES string of the molecule is CSc1ccccc1C(=O)OCc1nnc(-c2ccco2)o1. The quantitative estimate of drug-likeness (QED) is 0.527. The lowest BCUT2D eigenvalue weighted by molar-refractivity contribution is 0.0434. The van der Waals surface area contributed by atoms with Crippen LogP contribution >= 0.6 is 11.8 Å². The molecule has 1 aromatic carbocycles. The van der Waals surface area contributed by atoms with Gasteiger partial charge in [-0.25, -0.2) is 4.79 Å². The van der Waals surface area contributed by atoms with Gasteiger partial charge in [0.2, 0.25) is 0 Å². The first-order chi connectivity index (χ1) is 10.8. The number of furan rings is 1. The number of ether oxygens (including phenoxy) is 1. The van der Waals surface area contributed by atoms with E-state index in [2.05, 4.69) is 10.2 Å². The molecule has 0 atom stereocenters. The highest BCUT2D eigenvalue weighted by atomic mass is 32.2. The third kappa shape index (κ3) is 3.04. The maximum Gasteiger partial charge on any atom is 0.339 e. The van der Waals surface area contributed by atoms with Gasteiger partial charge in [0.05, 0.1) is 11.8 Å². The molecule has 2 heterocycles. The number of carbonyl (C=O) groups excluding carboxylic acids is 1. The smallest absolute Gasteiger partial charge is 0.339 e. The molecule has 0 aliphatic heterocycles. The Morgan fingerprint density at radius 3 is 2.86 bits per heavy atom. The van der Waals surface area contributed by atoms with Crippen LogP contribution in [-0.2, 0) is 11.3 Å². The summed E-state index contributed by atoms with van der Waals surface area (Å²) in [6, 6.07) is 10.7. The number of carbonyl (C=O) groups is 1. The Bertz CT molecular complexity index is 767. The molecular formula is C15H12N2O4S. The van der Waals surface area contributed by atoms with Gasteiger partial charge in [-0.15, -0.1) is 22.0 Å². The van der Waals surface area contributed by atoms with Gasteiger partial charge in [0.1, 0.15) is 0 Å². The van der Waals surface area contributed by atoms with Crippen molar-refractivity contribution >= 4 is 17.7 Å². The Balaban J connectivity index is 1.66. The van der Waals surface area contributed by atoms with Gasteiger partial charge in [-0.1, -0.05) is 12.1 Å². The zero-order chi connectivity index (χ0) is 15.4. The van der Waals surface area contributed by atoms with Gasteiger partial charge < -0.3 is 13.6 Å². The zero-order valence-electron chi connectivity index (χ0n) is 11.7. The lowest BCUT2D eigenvalue weighted by Crippen LogP contribution is -2.06. The highest BCUT2D eigenvalue weighted by molar-refractivity contribution is 7.98. The highest BCUT2D eigenvalue weighted by Gasteiger charge is 2.15. The van der Waals surface area contributed by atoms with Crippen molar-refractivity contribution in [1.82, 2.24) is 10.2 Å². The van der Waals surface area contributed by atoms with E-state index in [9.17, 15) is 4.79 Å². The molecule has 22 heavy (non-hydrogen) atoms. The van der Waals surface area contributed by atoms with E-state index in [0.29, 0.717) is 11.3 Å². The third-order valence-electron chi connectivity index (χ3n) is 2.85. The molecule has 2 aromatic heterocycles. The van der Waals surface area contributed by atoms with E-state index >= 15 is 0 Å². The summed E-state index contributed by atoms with van der Waals surface area (Å²) in [4.78, 5) is 12.9. The van der Waals surface area contributed by atoms with Crippen LogP contribution in [0.2, 0.25) is 0 Å². The second-order valence-corrected chi connectivity index (χ2v) is 5.10. The molecule has 0 spiro atoms. The Morgan fingerprint density at radius 2 is 2.09 bits per heavy atom. The van der Waals surface area contributed by atoms with Crippen LogP contribution in [0.25, 0.3) is 11.7 Å². The summed E-state index contributed by atoms with van der Waals surface area (Å²) < 4.78 is 15.7. The summed E-state index contributed by atoms with van der Waals surface area (Å²) in [5.74, 6) is 0.502. The number of nitrogens with zero attached hydrogens (tertiary/aromatic N) is 2. The monoisotopic (exact) mass is 316 g/mol. The van der Waals surface area contributed by atoms with Crippen LogP contribution in [0.3, 0.4) is 0 Å². The van der Waals surface area contributed by atoms with Crippen LogP contribution in [-0.4, -0.2) is 22.4 Å². The van der Waals surface area contributed by atoms with E-state index in [1.54, 1.807) is 24.3 Å². The lowest BCUT2D eigenvalue weighted by atomic mass is 10.2. The summed E-state index contributed by atoms with van der Waals surface area (Å²) in [5, 5.41) is 7.66. The van der Waals surface area contributed by atoms with Crippen molar-refractivity contribution in [2.24, 2.45) is 0 Å². The summed E-state index contributed by atoms with van der Waals surface area (Å²) in [6.07, 6.45) is 3.42. The predicted octanol–water partition coefficient (Wildman–Crippen LogP) is 3.41. The molecule has 3 aromatic rings. The summed E-state index contributed by atoms with van der Waals surface area (Å²) in [5.41, 5.74) is 0.515. The Labute approximate surface area is 130 Å². The first-order valence-corrected chi connectivity index (χ1v) is 7.67. The maximum absolute atomic E-state index is 12.1. The van der Waals surface area contributed by atoms with Crippen LogP contribution in [0.4, 0.5) is 0 Å². The van der Waals surface area contributed by atoms with Gasteiger partial charge in [0.25, 0.3) is 11.8 Å². The average molecular weight is 316 g/mol. The minimum atomic E-state index is -0.428. The van der Waals surface area contributed by atoms with Gasteiger partial charge in [0.15, 0.2) is 12.4 Å². The normalized spacial score (nSPS) is 10.6. The summed E-state index contributed by atoms with van der Waals surface area (Å²) in [7, 11) is 0. The molecule has 0 saturated carbocycles. The van der Waals surface area contributed by atoms with Crippen molar-refractivity contribution in [1.29, 1.82) is 0 Å². The minimum Gasteiger partial charge on any atom is -0.459 e. The number of esters is 1. The number of aromatic nitrogens is 2. The van der Waals surface area contributed by atoms with E-state index < -0.39 is 5.97 Å². The van der Waals surface area contributed by atoms with Crippen LogP contribution in [0.15, 0.2) is 56.4 Å². The van der Waals surface area contributed by atoms with Crippen LogP contribution in [0.5, 0.6) is 0 Å². The standard InChI is InChI=1S/C15H12N2O4S/c1-22-12-7-3-2-5-10(12)15(18)20-9-13-16-17-14(21-13)11-6-4-8-19-11/h2-8H,9H2,1H3. The molecule has 0 amide bonds. The fourth-order valence-corrected chi connectivity index (χ4v) is 2.42. The van der Waals surface area contributed by atoms with Crippen molar-refractivity contribution in [3.05, 3.63) is 54.1 Å². The predicted molar refractivity (Wildman–Crippen MR) is 79.3 cm³/mol. The van der Waals surface area contributed by atoms with E-state index in [0.717, 1.165) is 4.90 Å². The number of hydrogen-bond donors (Lipinski definition) is 0. The van der Waals surface area contributed by atoms with Gasteiger partial charge in [-0.3, -0.25) is 0 Å². The third-order valence-corrected chi connectivity index (χ3v) is 3.65. The second kappa shape index (κ2) is 6.48. The molecule has 0 N–H and O–H groups in total. The van der Waals surface area contributed by atoms with Crippen LogP contribution in [0.1, 0.15) is 16.2 Å². The van der Waals surface area contributed by atoms with Gasteiger partial charge in [-0.2, -0.15) is 0 Å². The molecule has 0 radical (unpaired) electrons. The first kappa shape index (κ1) is 14.4. The topological polar surface area (TPSA) is 78.4 Å². The fraction of sp³-hybridized carbons (Fsp3) is 0.133. The molecule has 3 rings (SSSR count). The van der Waals surface area contributed by atoms with Crippen molar-refractivity contribution < 1.29 is 18.4 Å². The molecule has 0 bridgehead atoms. The molecule has 7 heteroatoms. The van der Waals surface area contributed by atoms with E-state index in [1.807, 2.05) is 18.4 Å². The van der Waals surface area contributed by atoms with Crippen molar-refractivity contribution in [2.75, 3.05) is 6.26 Å². The Hall–Kier alpha value is -2.54.